The van der Waals surface area contributed by atoms with Gasteiger partial charge < -0.3 is 10.6 Å². The van der Waals surface area contributed by atoms with Gasteiger partial charge in [0.15, 0.2) is 5.82 Å². The lowest BCUT2D eigenvalue weighted by molar-refractivity contribution is 0.0572. The number of hydrogen-bond donors (Lipinski definition) is 2. The summed E-state index contributed by atoms with van der Waals surface area (Å²) in [5.74, 6) is 0.428. The first-order chi connectivity index (χ1) is 17.7. The molecule has 1 saturated carbocycles. The summed E-state index contributed by atoms with van der Waals surface area (Å²) in [7, 11) is -3.40. The van der Waals surface area contributed by atoms with Crippen molar-refractivity contribution in [1.82, 2.24) is 14.9 Å². The molecule has 0 bridgehead atoms. The van der Waals surface area contributed by atoms with Gasteiger partial charge in [0.05, 0.1) is 17.5 Å². The summed E-state index contributed by atoms with van der Waals surface area (Å²) in [6.07, 6.45) is 6.91. The van der Waals surface area contributed by atoms with E-state index in [1.165, 1.54) is 5.56 Å². The zero-order valence-corrected chi connectivity index (χ0v) is 23.5. The Bertz CT molecular complexity index is 1440. The van der Waals surface area contributed by atoms with Crippen molar-refractivity contribution in [2.24, 2.45) is 5.73 Å². The Kier molecular flexibility index (Phi) is 8.32. The molecular weight excluding hydrogens is 545 g/mol. The van der Waals surface area contributed by atoms with Gasteiger partial charge in [0.1, 0.15) is 0 Å². The quantitative estimate of drug-likeness (QED) is 0.449. The van der Waals surface area contributed by atoms with E-state index < -0.39 is 10.0 Å². The van der Waals surface area contributed by atoms with Gasteiger partial charge in [0, 0.05) is 53.4 Å². The third-order valence-corrected chi connectivity index (χ3v) is 8.39. The predicted molar refractivity (Wildman–Crippen MR) is 152 cm³/mol. The predicted octanol–water partition coefficient (Wildman–Crippen LogP) is 4.43. The number of anilines is 1. The largest absolute Gasteiger partial charge is 0.335 e. The number of carbonyl (C=O) groups is 1. The van der Waals surface area contributed by atoms with Gasteiger partial charge in [-0.05, 0) is 55.5 Å². The van der Waals surface area contributed by atoms with Crippen LogP contribution in [0.3, 0.4) is 0 Å². The Labute approximate surface area is 234 Å². The molecule has 1 aromatic heterocycles. The number of sulfonamides is 1. The maximum Gasteiger partial charge on any atom is 0.257 e. The highest BCUT2D eigenvalue weighted by molar-refractivity contribution is 7.92. The lowest BCUT2D eigenvalue weighted by Gasteiger charge is -2.44. The van der Waals surface area contributed by atoms with Crippen molar-refractivity contribution in [2.45, 2.75) is 43.6 Å². The van der Waals surface area contributed by atoms with Crippen molar-refractivity contribution >= 4 is 45.6 Å². The molecule has 0 unspecified atom stereocenters. The Morgan fingerprint density at radius 3 is 2.58 bits per heavy atom. The van der Waals surface area contributed by atoms with E-state index in [0.29, 0.717) is 47.2 Å². The molecule has 38 heavy (non-hydrogen) atoms. The first-order valence-corrected chi connectivity index (χ1v) is 14.7. The fourth-order valence-corrected chi connectivity index (χ4v) is 6.33. The molecule has 0 spiro atoms. The number of carbonyl (C=O) groups excluding carboxylic acids is 1. The minimum atomic E-state index is -3.40. The number of benzene rings is 2. The summed E-state index contributed by atoms with van der Waals surface area (Å²) < 4.78 is 25.6. The van der Waals surface area contributed by atoms with Crippen LogP contribution >= 0.6 is 24.0 Å². The molecule has 11 heteroatoms. The number of rotatable bonds is 6. The van der Waals surface area contributed by atoms with Crippen molar-refractivity contribution in [1.29, 1.82) is 0 Å². The molecule has 1 fully saturated rings. The van der Waals surface area contributed by atoms with Crippen molar-refractivity contribution in [3.8, 4) is 11.4 Å². The zero-order valence-electron chi connectivity index (χ0n) is 21.1. The highest BCUT2D eigenvalue weighted by Gasteiger charge is 2.40. The molecule has 3 aromatic rings. The highest BCUT2D eigenvalue weighted by Crippen LogP contribution is 2.41. The molecule has 2 aliphatic rings. The molecule has 1 aliphatic carbocycles. The second-order valence-electron chi connectivity index (χ2n) is 9.98. The fraction of sp³-hybridized carbons (Fsp3) is 0.370. The Balaban J connectivity index is 0.00000336. The lowest BCUT2D eigenvalue weighted by Crippen LogP contribution is -2.49. The SMILES string of the molecule is CS(=O)(=O)Nc1cccc(-c2ncc3c(n2)CCN([C@H]2CC[C@](CN)(c4cccc(Cl)c4)CC2)C3=O)c1.Cl. The standard InChI is InChI=1S/C27H30ClN5O3S.ClH/c1-37(35,36)32-21-7-2-4-18(14-21)25-30-16-23-24(31-25)10-13-33(26(23)34)22-8-11-27(17-29,12-9-22)19-5-3-6-20(28)15-19;/h2-7,14-16,22,32H,8-13,17,29H2,1H3;1H/t22-,27-;. The third kappa shape index (κ3) is 5.81. The molecule has 1 aliphatic heterocycles. The molecule has 8 nitrogen and oxygen atoms in total. The number of aromatic nitrogens is 2. The van der Waals surface area contributed by atoms with Crippen molar-refractivity contribution in [3.05, 3.63) is 76.6 Å². The van der Waals surface area contributed by atoms with Crippen LogP contribution in [0.15, 0.2) is 54.7 Å². The zero-order chi connectivity index (χ0) is 26.2. The van der Waals surface area contributed by atoms with E-state index in [9.17, 15) is 13.2 Å². The minimum absolute atomic E-state index is 0. The van der Waals surface area contributed by atoms with Gasteiger partial charge >= 0.3 is 0 Å². The number of halogens is 2. The maximum atomic E-state index is 13.4. The van der Waals surface area contributed by atoms with Crippen LogP contribution in [-0.2, 0) is 21.9 Å². The molecule has 0 saturated heterocycles. The van der Waals surface area contributed by atoms with E-state index in [4.69, 9.17) is 17.3 Å². The molecule has 5 rings (SSSR count). The second-order valence-corrected chi connectivity index (χ2v) is 12.2. The van der Waals surface area contributed by atoms with Crippen LogP contribution < -0.4 is 10.5 Å². The summed E-state index contributed by atoms with van der Waals surface area (Å²) in [5.41, 5.74) is 9.69. The first-order valence-electron chi connectivity index (χ1n) is 12.4. The van der Waals surface area contributed by atoms with E-state index in [1.54, 1.807) is 24.4 Å². The summed E-state index contributed by atoms with van der Waals surface area (Å²) >= 11 is 6.25. The van der Waals surface area contributed by atoms with E-state index in [1.807, 2.05) is 29.2 Å². The number of fused-ring (bicyclic) bond motifs is 1. The molecule has 0 radical (unpaired) electrons. The van der Waals surface area contributed by atoms with Crippen LogP contribution in [0.25, 0.3) is 11.4 Å². The van der Waals surface area contributed by atoms with Gasteiger partial charge in [0.25, 0.3) is 5.91 Å². The first kappa shape index (κ1) is 28.3. The van der Waals surface area contributed by atoms with E-state index >= 15 is 0 Å². The van der Waals surface area contributed by atoms with E-state index in [-0.39, 0.29) is 29.8 Å². The number of nitrogens with two attached hydrogens (primary N) is 1. The molecule has 2 aromatic carbocycles. The van der Waals surface area contributed by atoms with Crippen LogP contribution in [0.4, 0.5) is 5.69 Å². The maximum absolute atomic E-state index is 13.4. The number of nitrogens with one attached hydrogen (secondary N) is 1. The van der Waals surface area contributed by atoms with Crippen LogP contribution in [0.2, 0.25) is 5.02 Å². The highest BCUT2D eigenvalue weighted by atomic mass is 35.5. The van der Waals surface area contributed by atoms with E-state index in [0.717, 1.165) is 37.6 Å². The fourth-order valence-electron chi connectivity index (χ4n) is 5.59. The van der Waals surface area contributed by atoms with E-state index in [2.05, 4.69) is 20.8 Å². The summed E-state index contributed by atoms with van der Waals surface area (Å²) in [4.78, 5) is 24.5. The monoisotopic (exact) mass is 575 g/mol. The molecule has 3 N–H and O–H groups in total. The average molecular weight is 577 g/mol. The molecule has 0 atom stereocenters. The second kappa shape index (κ2) is 11.2. The van der Waals surface area contributed by atoms with Gasteiger partial charge in [-0.2, -0.15) is 0 Å². The Hall–Kier alpha value is -2.72. The van der Waals surface area contributed by atoms with Gasteiger partial charge in [-0.15, -0.1) is 12.4 Å². The van der Waals surface area contributed by atoms with Crippen molar-refractivity contribution < 1.29 is 13.2 Å². The third-order valence-electron chi connectivity index (χ3n) is 7.55. The van der Waals surface area contributed by atoms with Gasteiger partial charge in [0.2, 0.25) is 10.0 Å². The number of amides is 1. The Morgan fingerprint density at radius 2 is 1.89 bits per heavy atom. The summed E-state index contributed by atoms with van der Waals surface area (Å²) in [6, 6.07) is 15.0. The smallest absolute Gasteiger partial charge is 0.257 e. The number of nitrogens with zero attached hydrogens (tertiary/aromatic N) is 3. The van der Waals surface area contributed by atoms with Crippen LogP contribution in [0, 0.1) is 0 Å². The lowest BCUT2D eigenvalue weighted by atomic mass is 9.68. The van der Waals surface area contributed by atoms with Crippen LogP contribution in [-0.4, -0.2) is 54.6 Å². The number of hydrogen-bond acceptors (Lipinski definition) is 6. The van der Waals surface area contributed by atoms with Gasteiger partial charge in [-0.25, -0.2) is 18.4 Å². The topological polar surface area (TPSA) is 118 Å². The normalized spacial score (nSPS) is 21.4. The summed E-state index contributed by atoms with van der Waals surface area (Å²) in [6.45, 7) is 1.16. The van der Waals surface area contributed by atoms with Crippen molar-refractivity contribution in [2.75, 3.05) is 24.1 Å². The molecule has 2 heterocycles. The van der Waals surface area contributed by atoms with Crippen LogP contribution in [0.1, 0.15) is 47.3 Å². The van der Waals surface area contributed by atoms with Crippen molar-refractivity contribution in [3.63, 3.8) is 0 Å². The molecular formula is C27H31Cl2N5O3S. The van der Waals surface area contributed by atoms with Gasteiger partial charge in [-0.3, -0.25) is 9.52 Å². The average Bonchev–Trinajstić information content (AvgIpc) is 2.88. The minimum Gasteiger partial charge on any atom is -0.335 e. The summed E-state index contributed by atoms with van der Waals surface area (Å²) in [5, 5.41) is 0.716. The molecule has 202 valence electrons. The van der Waals surface area contributed by atoms with Crippen LogP contribution in [0.5, 0.6) is 0 Å². The Morgan fingerprint density at radius 1 is 1.16 bits per heavy atom. The molecule has 1 amide bonds. The van der Waals surface area contributed by atoms with Gasteiger partial charge in [-0.1, -0.05) is 35.9 Å².